The first-order chi connectivity index (χ1) is 4.64. The third-order valence-corrected chi connectivity index (χ3v) is 3.47. The van der Waals surface area contributed by atoms with Crippen LogP contribution in [-0.4, -0.2) is 19.9 Å². The Hall–Kier alpha value is -0.560. The van der Waals surface area contributed by atoms with Crippen LogP contribution in [0.3, 0.4) is 0 Å². The number of nitrogens with zero attached hydrogens (tertiary/aromatic N) is 1. The Morgan fingerprint density at radius 1 is 1.50 bits per heavy atom. The standard InChI is InChI=1S/C6H9NO2S/c7-4-6-2-1-3-10(8,9)5-6/h6H,1-3,5H2. The second-order valence-electron chi connectivity index (χ2n) is 2.58. The van der Waals surface area contributed by atoms with Crippen molar-refractivity contribution < 1.29 is 8.42 Å². The third-order valence-electron chi connectivity index (χ3n) is 1.65. The molecule has 1 fully saturated rings. The van der Waals surface area contributed by atoms with E-state index in [1.54, 1.807) is 0 Å². The third kappa shape index (κ3) is 1.71. The largest absolute Gasteiger partial charge is 0.229 e. The molecule has 0 aromatic carbocycles. The van der Waals surface area contributed by atoms with Gasteiger partial charge in [-0.2, -0.15) is 5.26 Å². The molecule has 1 heterocycles. The minimum Gasteiger partial charge on any atom is -0.229 e. The van der Waals surface area contributed by atoms with E-state index >= 15 is 0 Å². The van der Waals surface area contributed by atoms with Gasteiger partial charge in [-0.3, -0.25) is 0 Å². The Morgan fingerprint density at radius 2 is 2.20 bits per heavy atom. The Balaban J connectivity index is 2.67. The molecule has 10 heavy (non-hydrogen) atoms. The van der Waals surface area contributed by atoms with Crippen molar-refractivity contribution in [3.8, 4) is 6.07 Å². The predicted molar refractivity (Wildman–Crippen MR) is 37.0 cm³/mol. The van der Waals surface area contributed by atoms with Gasteiger partial charge >= 0.3 is 0 Å². The van der Waals surface area contributed by atoms with Crippen molar-refractivity contribution in [2.75, 3.05) is 11.5 Å². The molecule has 56 valence electrons. The molecule has 1 rings (SSSR count). The van der Waals surface area contributed by atoms with Gasteiger partial charge in [-0.15, -0.1) is 0 Å². The van der Waals surface area contributed by atoms with Crippen LogP contribution in [0.5, 0.6) is 0 Å². The van der Waals surface area contributed by atoms with Gasteiger partial charge < -0.3 is 0 Å². The van der Waals surface area contributed by atoms with Crippen LogP contribution in [0.25, 0.3) is 0 Å². The van der Waals surface area contributed by atoms with Crippen molar-refractivity contribution in [2.45, 2.75) is 12.8 Å². The second kappa shape index (κ2) is 2.59. The minimum atomic E-state index is -2.87. The molecule has 3 nitrogen and oxygen atoms in total. The molecule has 1 atom stereocenters. The fourth-order valence-corrected chi connectivity index (χ4v) is 2.75. The predicted octanol–water partition coefficient (Wildman–Crippen LogP) is 0.335. The summed E-state index contributed by atoms with van der Waals surface area (Å²) in [5.74, 6) is 0.0908. The molecule has 0 saturated carbocycles. The van der Waals surface area contributed by atoms with Crippen LogP contribution < -0.4 is 0 Å². The van der Waals surface area contributed by atoms with Crippen molar-refractivity contribution in [3.05, 3.63) is 0 Å². The summed E-state index contributed by atoms with van der Waals surface area (Å²) >= 11 is 0. The molecule has 1 unspecified atom stereocenters. The molecular weight excluding hydrogens is 150 g/mol. The highest BCUT2D eigenvalue weighted by molar-refractivity contribution is 7.91. The topological polar surface area (TPSA) is 57.9 Å². The molecule has 0 aromatic rings. The first kappa shape index (κ1) is 7.55. The normalized spacial score (nSPS) is 30.9. The summed E-state index contributed by atoms with van der Waals surface area (Å²) in [5.41, 5.74) is 0. The monoisotopic (exact) mass is 159 g/mol. The van der Waals surface area contributed by atoms with E-state index in [4.69, 9.17) is 5.26 Å². The van der Waals surface area contributed by atoms with Gasteiger partial charge in [-0.05, 0) is 12.8 Å². The zero-order chi connectivity index (χ0) is 7.61. The number of nitriles is 1. The molecule has 0 amide bonds. The van der Waals surface area contributed by atoms with Gasteiger partial charge in [0.2, 0.25) is 0 Å². The van der Waals surface area contributed by atoms with Crippen LogP contribution >= 0.6 is 0 Å². The summed E-state index contributed by atoms with van der Waals surface area (Å²) in [7, 11) is -2.87. The summed E-state index contributed by atoms with van der Waals surface area (Å²) in [4.78, 5) is 0. The van der Waals surface area contributed by atoms with E-state index in [1.807, 2.05) is 6.07 Å². The fraction of sp³-hybridized carbons (Fsp3) is 0.833. The quantitative estimate of drug-likeness (QED) is 0.512. The molecule has 0 bridgehead atoms. The van der Waals surface area contributed by atoms with Crippen molar-refractivity contribution in [1.82, 2.24) is 0 Å². The minimum absolute atomic E-state index is 0.0729. The second-order valence-corrected chi connectivity index (χ2v) is 4.81. The van der Waals surface area contributed by atoms with Crippen LogP contribution in [0.1, 0.15) is 12.8 Å². The lowest BCUT2D eigenvalue weighted by Crippen LogP contribution is -2.23. The average Bonchev–Trinajstić information content (AvgIpc) is 1.86. The Morgan fingerprint density at radius 3 is 2.60 bits per heavy atom. The van der Waals surface area contributed by atoms with Crippen molar-refractivity contribution in [1.29, 1.82) is 5.26 Å². The SMILES string of the molecule is N#CC1CCCS(=O)(=O)C1. The molecule has 4 heteroatoms. The van der Waals surface area contributed by atoms with E-state index in [2.05, 4.69) is 0 Å². The molecular formula is C6H9NO2S. The lowest BCUT2D eigenvalue weighted by Gasteiger charge is -2.14. The van der Waals surface area contributed by atoms with Crippen molar-refractivity contribution >= 4 is 9.84 Å². The molecule has 0 spiro atoms. The van der Waals surface area contributed by atoms with Gasteiger partial charge in [0.05, 0.1) is 23.5 Å². The number of hydrogen-bond acceptors (Lipinski definition) is 3. The first-order valence-corrected chi connectivity index (χ1v) is 5.06. The Labute approximate surface area is 60.6 Å². The summed E-state index contributed by atoms with van der Waals surface area (Å²) < 4.78 is 21.7. The van der Waals surface area contributed by atoms with Gasteiger partial charge in [-0.1, -0.05) is 0 Å². The van der Waals surface area contributed by atoms with Gasteiger partial charge in [0.15, 0.2) is 9.84 Å². The molecule has 1 aliphatic heterocycles. The lowest BCUT2D eigenvalue weighted by atomic mass is 10.1. The fourth-order valence-electron chi connectivity index (χ4n) is 1.12. The summed E-state index contributed by atoms with van der Waals surface area (Å²) in [5, 5.41) is 8.41. The summed E-state index contributed by atoms with van der Waals surface area (Å²) in [6, 6.07) is 1.98. The van der Waals surface area contributed by atoms with Gasteiger partial charge in [0.25, 0.3) is 0 Å². The maximum Gasteiger partial charge on any atom is 0.151 e. The van der Waals surface area contributed by atoms with E-state index in [0.29, 0.717) is 6.42 Å². The van der Waals surface area contributed by atoms with Crippen LogP contribution in [0.2, 0.25) is 0 Å². The molecule has 0 aromatic heterocycles. The van der Waals surface area contributed by atoms with E-state index in [1.165, 1.54) is 0 Å². The highest BCUT2D eigenvalue weighted by Gasteiger charge is 2.23. The van der Waals surface area contributed by atoms with Gasteiger partial charge in [0.1, 0.15) is 0 Å². The highest BCUT2D eigenvalue weighted by atomic mass is 32.2. The molecule has 0 radical (unpaired) electrons. The van der Waals surface area contributed by atoms with E-state index in [9.17, 15) is 8.42 Å². The van der Waals surface area contributed by atoms with Crippen LogP contribution in [0, 0.1) is 17.2 Å². The van der Waals surface area contributed by atoms with Crippen LogP contribution in [-0.2, 0) is 9.84 Å². The van der Waals surface area contributed by atoms with Crippen LogP contribution in [0.15, 0.2) is 0 Å². The van der Waals surface area contributed by atoms with Crippen LogP contribution in [0.4, 0.5) is 0 Å². The molecule has 0 aliphatic carbocycles. The first-order valence-electron chi connectivity index (χ1n) is 3.24. The smallest absolute Gasteiger partial charge is 0.151 e. The summed E-state index contributed by atoms with van der Waals surface area (Å²) in [6.45, 7) is 0. The maximum atomic E-state index is 10.9. The Bertz CT molecular complexity index is 249. The zero-order valence-corrected chi connectivity index (χ0v) is 6.39. The Kier molecular flexibility index (Phi) is 1.95. The maximum absolute atomic E-state index is 10.9. The average molecular weight is 159 g/mol. The highest BCUT2D eigenvalue weighted by Crippen LogP contribution is 2.16. The van der Waals surface area contributed by atoms with E-state index in [0.717, 1.165) is 6.42 Å². The van der Waals surface area contributed by atoms with Gasteiger partial charge in [0, 0.05) is 0 Å². The molecule has 1 aliphatic rings. The van der Waals surface area contributed by atoms with E-state index < -0.39 is 9.84 Å². The zero-order valence-electron chi connectivity index (χ0n) is 5.58. The number of rotatable bonds is 0. The lowest BCUT2D eigenvalue weighted by molar-refractivity contribution is 0.547. The number of sulfone groups is 1. The number of hydrogen-bond donors (Lipinski definition) is 0. The summed E-state index contributed by atoms with van der Waals surface area (Å²) in [6.07, 6.45) is 1.40. The molecule has 1 saturated heterocycles. The van der Waals surface area contributed by atoms with Crippen molar-refractivity contribution in [2.24, 2.45) is 5.92 Å². The molecule has 0 N–H and O–H groups in total. The van der Waals surface area contributed by atoms with E-state index in [-0.39, 0.29) is 17.4 Å². The van der Waals surface area contributed by atoms with Gasteiger partial charge in [-0.25, -0.2) is 8.42 Å². The van der Waals surface area contributed by atoms with Crippen molar-refractivity contribution in [3.63, 3.8) is 0 Å².